The van der Waals surface area contributed by atoms with Gasteiger partial charge in [-0.1, -0.05) is 11.6 Å². The van der Waals surface area contributed by atoms with Crippen molar-refractivity contribution in [3.63, 3.8) is 0 Å². The molecule has 0 bridgehead atoms. The zero-order chi connectivity index (χ0) is 10.6. The molecule has 5 heteroatoms. The van der Waals surface area contributed by atoms with E-state index in [0.717, 1.165) is 4.90 Å². The molecule has 0 saturated carbocycles. The molecule has 2 nitrogen and oxygen atoms in total. The zero-order valence-electron chi connectivity index (χ0n) is 7.30. The molecule has 0 radical (unpaired) electrons. The van der Waals surface area contributed by atoms with Crippen LogP contribution >= 0.6 is 23.4 Å². The van der Waals surface area contributed by atoms with Gasteiger partial charge in [-0.05, 0) is 18.2 Å². The smallest absolute Gasteiger partial charge is 0.218 e. The molecule has 0 aliphatic rings. The van der Waals surface area contributed by atoms with Gasteiger partial charge in [0.05, 0.1) is 5.02 Å². The maximum atomic E-state index is 12.7. The maximum Gasteiger partial charge on any atom is 0.218 e. The van der Waals surface area contributed by atoms with Crippen LogP contribution in [-0.2, 0) is 4.79 Å². The fourth-order valence-electron chi connectivity index (χ4n) is 0.836. The van der Waals surface area contributed by atoms with Crippen LogP contribution in [0.1, 0.15) is 6.42 Å². The van der Waals surface area contributed by atoms with E-state index in [4.69, 9.17) is 17.3 Å². The summed E-state index contributed by atoms with van der Waals surface area (Å²) in [6.07, 6.45) is 0.305. The van der Waals surface area contributed by atoms with Gasteiger partial charge in [-0.3, -0.25) is 4.79 Å². The minimum absolute atomic E-state index is 0.0917. The van der Waals surface area contributed by atoms with Crippen molar-refractivity contribution in [2.24, 2.45) is 5.73 Å². The van der Waals surface area contributed by atoms with E-state index in [-0.39, 0.29) is 10.9 Å². The molecular formula is C9H9ClFNOS. The first-order valence-corrected chi connectivity index (χ1v) is 5.32. The number of carbonyl (C=O) groups is 1. The number of thioether (sulfide) groups is 1. The van der Waals surface area contributed by atoms with Crippen molar-refractivity contribution in [1.29, 1.82) is 0 Å². The summed E-state index contributed by atoms with van der Waals surface area (Å²) < 4.78 is 12.7. The highest BCUT2D eigenvalue weighted by Crippen LogP contribution is 2.24. The Morgan fingerprint density at radius 2 is 2.29 bits per heavy atom. The first-order valence-electron chi connectivity index (χ1n) is 3.96. The van der Waals surface area contributed by atoms with Crippen LogP contribution < -0.4 is 5.73 Å². The summed E-state index contributed by atoms with van der Waals surface area (Å²) >= 11 is 7.00. The third kappa shape index (κ3) is 3.55. The van der Waals surface area contributed by atoms with Crippen LogP contribution in [0.15, 0.2) is 23.1 Å². The second kappa shape index (κ2) is 5.22. The molecule has 0 aromatic heterocycles. The number of carbonyl (C=O) groups excluding carboxylic acids is 1. The Bertz CT molecular complexity index is 346. The molecule has 1 aromatic carbocycles. The summed E-state index contributed by atoms with van der Waals surface area (Å²) in [7, 11) is 0. The number of hydrogen-bond acceptors (Lipinski definition) is 2. The normalized spacial score (nSPS) is 10.1. The standard InChI is InChI=1S/C9H9ClFNOS/c10-7-5-6(1-2-8(7)11)14-4-3-9(12)13/h1-2,5H,3-4H2,(H2,12,13). The molecule has 14 heavy (non-hydrogen) atoms. The predicted molar refractivity (Wildman–Crippen MR) is 55.9 cm³/mol. The number of halogens is 2. The average molecular weight is 234 g/mol. The number of amides is 1. The number of rotatable bonds is 4. The lowest BCUT2D eigenvalue weighted by atomic mass is 10.3. The van der Waals surface area contributed by atoms with Crippen LogP contribution in [0.3, 0.4) is 0 Å². The lowest BCUT2D eigenvalue weighted by Gasteiger charge is -2.00. The molecule has 2 N–H and O–H groups in total. The molecule has 76 valence electrons. The molecule has 1 aromatic rings. The Labute approximate surface area is 90.6 Å². The van der Waals surface area contributed by atoms with Crippen LogP contribution in [0.2, 0.25) is 5.02 Å². The predicted octanol–water partition coefficient (Wildman–Crippen LogP) is 2.45. The van der Waals surface area contributed by atoms with E-state index in [1.165, 1.54) is 23.9 Å². The van der Waals surface area contributed by atoms with Gasteiger partial charge in [0.15, 0.2) is 0 Å². The van der Waals surface area contributed by atoms with Gasteiger partial charge >= 0.3 is 0 Å². The Morgan fingerprint density at radius 3 is 2.86 bits per heavy atom. The topological polar surface area (TPSA) is 43.1 Å². The van der Waals surface area contributed by atoms with E-state index in [1.54, 1.807) is 6.07 Å². The molecule has 0 atom stereocenters. The SMILES string of the molecule is NC(=O)CCSc1ccc(F)c(Cl)c1. The van der Waals surface area contributed by atoms with Crippen molar-refractivity contribution in [2.75, 3.05) is 5.75 Å². The summed E-state index contributed by atoms with van der Waals surface area (Å²) in [5.74, 6) is -0.200. The van der Waals surface area contributed by atoms with Crippen LogP contribution in [-0.4, -0.2) is 11.7 Å². The van der Waals surface area contributed by atoms with Crippen molar-refractivity contribution in [2.45, 2.75) is 11.3 Å². The van der Waals surface area contributed by atoms with Crippen molar-refractivity contribution < 1.29 is 9.18 Å². The third-order valence-corrected chi connectivity index (χ3v) is 2.79. The number of nitrogens with two attached hydrogens (primary N) is 1. The Morgan fingerprint density at radius 1 is 1.57 bits per heavy atom. The van der Waals surface area contributed by atoms with Crippen molar-refractivity contribution in [1.82, 2.24) is 0 Å². The summed E-state index contributed by atoms with van der Waals surface area (Å²) in [5.41, 5.74) is 4.97. The van der Waals surface area contributed by atoms with Gasteiger partial charge < -0.3 is 5.73 Å². The van der Waals surface area contributed by atoms with E-state index in [2.05, 4.69) is 0 Å². The van der Waals surface area contributed by atoms with Gasteiger partial charge in [0.25, 0.3) is 0 Å². The van der Waals surface area contributed by atoms with E-state index < -0.39 is 5.82 Å². The van der Waals surface area contributed by atoms with E-state index >= 15 is 0 Å². The lowest BCUT2D eigenvalue weighted by molar-refractivity contribution is -0.117. The van der Waals surface area contributed by atoms with Crippen LogP contribution in [0.5, 0.6) is 0 Å². The molecule has 1 amide bonds. The van der Waals surface area contributed by atoms with Gasteiger partial charge in [0.1, 0.15) is 5.82 Å². The molecular weight excluding hydrogens is 225 g/mol. The van der Waals surface area contributed by atoms with Crippen molar-refractivity contribution in [3.8, 4) is 0 Å². The number of hydrogen-bond donors (Lipinski definition) is 1. The van der Waals surface area contributed by atoms with Crippen LogP contribution in [0, 0.1) is 5.82 Å². The quantitative estimate of drug-likeness (QED) is 0.812. The van der Waals surface area contributed by atoms with Gasteiger partial charge in [0.2, 0.25) is 5.91 Å². The zero-order valence-corrected chi connectivity index (χ0v) is 8.87. The molecule has 0 spiro atoms. The third-order valence-electron chi connectivity index (χ3n) is 1.51. The molecule has 0 aliphatic carbocycles. The average Bonchev–Trinajstić information content (AvgIpc) is 2.10. The summed E-state index contributed by atoms with van der Waals surface area (Å²) in [6.45, 7) is 0. The summed E-state index contributed by atoms with van der Waals surface area (Å²) in [6, 6.07) is 4.45. The second-order valence-electron chi connectivity index (χ2n) is 2.64. The number of benzene rings is 1. The number of primary amides is 1. The van der Waals surface area contributed by atoms with Crippen LogP contribution in [0.4, 0.5) is 4.39 Å². The maximum absolute atomic E-state index is 12.7. The molecule has 0 heterocycles. The van der Waals surface area contributed by atoms with Crippen molar-refractivity contribution >= 4 is 29.3 Å². The Hall–Kier alpha value is -0.740. The molecule has 0 unspecified atom stereocenters. The van der Waals surface area contributed by atoms with Crippen LogP contribution in [0.25, 0.3) is 0 Å². The first kappa shape index (κ1) is 11.3. The Kier molecular flexibility index (Phi) is 4.22. The minimum atomic E-state index is -0.439. The van der Waals surface area contributed by atoms with Gasteiger partial charge in [-0.15, -0.1) is 11.8 Å². The minimum Gasteiger partial charge on any atom is -0.370 e. The fourth-order valence-corrected chi connectivity index (χ4v) is 1.99. The van der Waals surface area contributed by atoms with Gasteiger partial charge in [0, 0.05) is 17.1 Å². The largest absolute Gasteiger partial charge is 0.370 e. The van der Waals surface area contributed by atoms with Gasteiger partial charge in [-0.2, -0.15) is 0 Å². The molecule has 0 fully saturated rings. The summed E-state index contributed by atoms with van der Waals surface area (Å²) in [5, 5.41) is 0.0917. The van der Waals surface area contributed by atoms with E-state index in [9.17, 15) is 9.18 Å². The second-order valence-corrected chi connectivity index (χ2v) is 4.22. The highest BCUT2D eigenvalue weighted by Gasteiger charge is 2.02. The fraction of sp³-hybridized carbons (Fsp3) is 0.222. The van der Waals surface area contributed by atoms with E-state index in [1.807, 2.05) is 0 Å². The first-order chi connectivity index (χ1) is 6.59. The molecule has 0 saturated heterocycles. The molecule has 0 aliphatic heterocycles. The highest BCUT2D eigenvalue weighted by atomic mass is 35.5. The van der Waals surface area contributed by atoms with Gasteiger partial charge in [-0.25, -0.2) is 4.39 Å². The summed E-state index contributed by atoms with van der Waals surface area (Å²) in [4.78, 5) is 11.3. The highest BCUT2D eigenvalue weighted by molar-refractivity contribution is 7.99. The lowest BCUT2D eigenvalue weighted by Crippen LogP contribution is -2.10. The monoisotopic (exact) mass is 233 g/mol. The molecule has 1 rings (SSSR count). The van der Waals surface area contributed by atoms with Crippen molar-refractivity contribution in [3.05, 3.63) is 29.0 Å². The Balaban J connectivity index is 2.51. The van der Waals surface area contributed by atoms with E-state index in [0.29, 0.717) is 12.2 Å².